The van der Waals surface area contributed by atoms with Crippen molar-refractivity contribution in [3.05, 3.63) is 35.4 Å². The van der Waals surface area contributed by atoms with E-state index in [1.54, 1.807) is 0 Å². The highest BCUT2D eigenvalue weighted by molar-refractivity contribution is 5.80. The third-order valence-corrected chi connectivity index (χ3v) is 2.86. The molecule has 1 aliphatic rings. The van der Waals surface area contributed by atoms with Crippen molar-refractivity contribution in [3.8, 4) is 0 Å². The van der Waals surface area contributed by atoms with Gasteiger partial charge in [-0.15, -0.1) is 0 Å². The van der Waals surface area contributed by atoms with Crippen LogP contribution in [0.5, 0.6) is 0 Å². The Morgan fingerprint density at radius 2 is 2.13 bits per heavy atom. The number of hydrogen-bond acceptors (Lipinski definition) is 1. The summed E-state index contributed by atoms with van der Waals surface area (Å²) in [6.45, 7) is 0. The zero-order valence-corrected chi connectivity index (χ0v) is 8.30. The van der Waals surface area contributed by atoms with Gasteiger partial charge in [0.25, 0.3) is 0 Å². The Hall–Kier alpha value is -1.25. The lowest BCUT2D eigenvalue weighted by atomic mass is 9.97. The number of benzene rings is 1. The van der Waals surface area contributed by atoms with E-state index in [0.717, 1.165) is 18.6 Å². The minimum atomic E-state index is -0.421. The predicted molar refractivity (Wildman–Crippen MR) is 52.4 cm³/mol. The molecule has 3 heteroatoms. The van der Waals surface area contributed by atoms with Crippen LogP contribution in [0.25, 0.3) is 0 Å². The fourth-order valence-electron chi connectivity index (χ4n) is 2.08. The molecule has 1 atom stereocenters. The summed E-state index contributed by atoms with van der Waals surface area (Å²) in [7, 11) is 0. The third-order valence-electron chi connectivity index (χ3n) is 2.86. The topological polar surface area (TPSA) is 17.1 Å². The van der Waals surface area contributed by atoms with E-state index in [0.29, 0.717) is 24.8 Å². The summed E-state index contributed by atoms with van der Waals surface area (Å²) >= 11 is 0. The molecule has 15 heavy (non-hydrogen) atoms. The van der Waals surface area contributed by atoms with Gasteiger partial charge in [0.05, 0.1) is 0 Å². The van der Waals surface area contributed by atoms with Gasteiger partial charge in [0.15, 0.2) is 0 Å². The molecule has 0 spiro atoms. The van der Waals surface area contributed by atoms with E-state index in [1.165, 1.54) is 6.07 Å². The standard InChI is InChI=1S/C12H12F2O/c13-10-2-4-12(14)9(7-10)5-8-1-3-11(15)6-8/h2,4,7-8H,1,3,5-6H2. The molecule has 1 nitrogen and oxygen atoms in total. The Kier molecular flexibility index (Phi) is 2.80. The minimum Gasteiger partial charge on any atom is -0.300 e. The van der Waals surface area contributed by atoms with E-state index in [1.807, 2.05) is 0 Å². The Morgan fingerprint density at radius 1 is 1.33 bits per heavy atom. The quantitative estimate of drug-likeness (QED) is 0.733. The zero-order chi connectivity index (χ0) is 10.8. The average Bonchev–Trinajstić information content (AvgIpc) is 2.58. The van der Waals surface area contributed by atoms with Gasteiger partial charge in [-0.3, -0.25) is 4.79 Å². The normalized spacial score (nSPS) is 20.9. The molecule has 0 aromatic heterocycles. The lowest BCUT2D eigenvalue weighted by molar-refractivity contribution is -0.117. The van der Waals surface area contributed by atoms with Crippen LogP contribution >= 0.6 is 0 Å². The average molecular weight is 210 g/mol. The molecule has 0 N–H and O–H groups in total. The van der Waals surface area contributed by atoms with Gasteiger partial charge in [0.1, 0.15) is 17.4 Å². The molecule has 80 valence electrons. The Labute approximate surface area is 87.1 Å². The van der Waals surface area contributed by atoms with Gasteiger partial charge in [-0.2, -0.15) is 0 Å². The van der Waals surface area contributed by atoms with Crippen LogP contribution in [0.4, 0.5) is 8.78 Å². The van der Waals surface area contributed by atoms with Crippen molar-refractivity contribution in [2.45, 2.75) is 25.7 Å². The first kappa shape index (κ1) is 10.3. The van der Waals surface area contributed by atoms with Gasteiger partial charge in [-0.25, -0.2) is 8.78 Å². The monoisotopic (exact) mass is 210 g/mol. The second-order valence-corrected chi connectivity index (χ2v) is 4.09. The lowest BCUT2D eigenvalue weighted by Crippen LogP contribution is -2.02. The van der Waals surface area contributed by atoms with E-state index in [2.05, 4.69) is 0 Å². The molecule has 1 aromatic rings. The number of ketones is 1. The lowest BCUT2D eigenvalue weighted by Gasteiger charge is -2.08. The first-order valence-corrected chi connectivity index (χ1v) is 5.11. The minimum absolute atomic E-state index is 0.189. The van der Waals surface area contributed by atoms with Crippen LogP contribution in [0, 0.1) is 17.6 Å². The molecule has 0 saturated heterocycles. The highest BCUT2D eigenvalue weighted by Gasteiger charge is 2.23. The van der Waals surface area contributed by atoms with E-state index < -0.39 is 5.82 Å². The van der Waals surface area contributed by atoms with Crippen LogP contribution in [0.15, 0.2) is 18.2 Å². The molecular weight excluding hydrogens is 198 g/mol. The largest absolute Gasteiger partial charge is 0.300 e. The maximum atomic E-state index is 13.3. The van der Waals surface area contributed by atoms with E-state index in [4.69, 9.17) is 0 Å². The van der Waals surface area contributed by atoms with Gasteiger partial charge >= 0.3 is 0 Å². The predicted octanol–water partition coefficient (Wildman–Crippen LogP) is 2.88. The highest BCUT2D eigenvalue weighted by Crippen LogP contribution is 2.26. The zero-order valence-electron chi connectivity index (χ0n) is 8.30. The summed E-state index contributed by atoms with van der Waals surface area (Å²) in [5.41, 5.74) is 0.384. The molecule has 2 rings (SSSR count). The van der Waals surface area contributed by atoms with Gasteiger partial charge in [-0.05, 0) is 42.5 Å². The van der Waals surface area contributed by atoms with Gasteiger partial charge < -0.3 is 0 Å². The maximum Gasteiger partial charge on any atom is 0.133 e. The van der Waals surface area contributed by atoms with E-state index >= 15 is 0 Å². The van der Waals surface area contributed by atoms with Crippen LogP contribution in [0.2, 0.25) is 0 Å². The summed E-state index contributed by atoms with van der Waals surface area (Å²) in [6.07, 6.45) is 2.36. The molecule has 1 unspecified atom stereocenters. The number of halogens is 2. The summed E-state index contributed by atoms with van der Waals surface area (Å²) in [5, 5.41) is 0. The molecule has 0 bridgehead atoms. The van der Waals surface area contributed by atoms with Crippen molar-refractivity contribution in [2.24, 2.45) is 5.92 Å². The second kappa shape index (κ2) is 4.09. The SMILES string of the molecule is O=C1CCC(Cc2cc(F)ccc2F)C1. The Bertz CT molecular complexity index is 387. The van der Waals surface area contributed by atoms with Crippen LogP contribution < -0.4 is 0 Å². The number of Topliss-reactive ketones (excluding diaryl/α,β-unsaturated/α-hetero) is 1. The maximum absolute atomic E-state index is 13.3. The molecule has 1 aliphatic carbocycles. The molecule has 1 saturated carbocycles. The summed E-state index contributed by atoms with van der Waals surface area (Å²) in [4.78, 5) is 11.0. The van der Waals surface area contributed by atoms with Gasteiger partial charge in [0.2, 0.25) is 0 Å². The number of rotatable bonds is 2. The molecular formula is C12H12F2O. The molecule has 0 radical (unpaired) electrons. The summed E-state index contributed by atoms with van der Waals surface area (Å²) in [6, 6.07) is 3.47. The van der Waals surface area contributed by atoms with Crippen molar-refractivity contribution >= 4 is 5.78 Å². The molecule has 0 aliphatic heterocycles. The van der Waals surface area contributed by atoms with Gasteiger partial charge in [0, 0.05) is 12.8 Å². The Morgan fingerprint density at radius 3 is 2.80 bits per heavy atom. The van der Waals surface area contributed by atoms with Crippen LogP contribution in [-0.2, 0) is 11.2 Å². The van der Waals surface area contributed by atoms with E-state index in [9.17, 15) is 13.6 Å². The summed E-state index contributed by atoms with van der Waals surface area (Å²) < 4.78 is 26.1. The number of carbonyl (C=O) groups is 1. The van der Waals surface area contributed by atoms with Crippen molar-refractivity contribution in [1.82, 2.24) is 0 Å². The smallest absolute Gasteiger partial charge is 0.133 e. The Balaban J connectivity index is 2.10. The molecule has 0 amide bonds. The summed E-state index contributed by atoms with van der Waals surface area (Å²) in [5.74, 6) is -0.378. The second-order valence-electron chi connectivity index (χ2n) is 4.09. The first-order valence-electron chi connectivity index (χ1n) is 5.11. The molecule has 1 aromatic carbocycles. The fraction of sp³-hybridized carbons (Fsp3) is 0.417. The first-order chi connectivity index (χ1) is 7.15. The number of hydrogen-bond donors (Lipinski definition) is 0. The third kappa shape index (κ3) is 2.41. The van der Waals surface area contributed by atoms with Crippen LogP contribution in [0.1, 0.15) is 24.8 Å². The van der Waals surface area contributed by atoms with Crippen molar-refractivity contribution in [1.29, 1.82) is 0 Å². The molecule has 1 fully saturated rings. The van der Waals surface area contributed by atoms with Crippen molar-refractivity contribution < 1.29 is 13.6 Å². The van der Waals surface area contributed by atoms with Crippen molar-refractivity contribution in [3.63, 3.8) is 0 Å². The van der Waals surface area contributed by atoms with Gasteiger partial charge in [-0.1, -0.05) is 0 Å². The van der Waals surface area contributed by atoms with Crippen LogP contribution in [-0.4, -0.2) is 5.78 Å². The van der Waals surface area contributed by atoms with E-state index in [-0.39, 0.29) is 17.5 Å². The highest BCUT2D eigenvalue weighted by atomic mass is 19.1. The van der Waals surface area contributed by atoms with Crippen LogP contribution in [0.3, 0.4) is 0 Å². The fourth-order valence-corrected chi connectivity index (χ4v) is 2.08. The van der Waals surface area contributed by atoms with Crippen molar-refractivity contribution in [2.75, 3.05) is 0 Å². The number of carbonyl (C=O) groups excluding carboxylic acids is 1. The molecule has 0 heterocycles.